The molecule has 1 aromatic carbocycles. The molecule has 0 radical (unpaired) electrons. The van der Waals surface area contributed by atoms with E-state index in [-0.39, 0.29) is 5.91 Å². The van der Waals surface area contributed by atoms with Gasteiger partial charge in [-0.2, -0.15) is 0 Å². The number of likely N-dealkylation sites (tertiary alicyclic amines) is 1. The van der Waals surface area contributed by atoms with Crippen molar-refractivity contribution < 1.29 is 4.79 Å². The fourth-order valence-electron chi connectivity index (χ4n) is 4.63. The van der Waals surface area contributed by atoms with Crippen molar-refractivity contribution in [3.8, 4) is 0 Å². The minimum absolute atomic E-state index is 0.257. The van der Waals surface area contributed by atoms with Gasteiger partial charge in [-0.15, -0.1) is 0 Å². The van der Waals surface area contributed by atoms with Gasteiger partial charge in [0.2, 0.25) is 0 Å². The SMILES string of the molecule is O=C(c1ccc2c(c1)CCC2)N1CCCC2(CCNCC2)C1. The highest BCUT2D eigenvalue weighted by atomic mass is 16.2. The molecule has 1 aliphatic carbocycles. The van der Waals surface area contributed by atoms with Crippen LogP contribution < -0.4 is 5.32 Å². The van der Waals surface area contributed by atoms with E-state index in [0.29, 0.717) is 5.41 Å². The molecule has 2 saturated heterocycles. The predicted octanol–water partition coefficient (Wildman–Crippen LogP) is 2.78. The molecule has 0 atom stereocenters. The lowest BCUT2D eigenvalue weighted by atomic mass is 9.73. The molecule has 2 fully saturated rings. The average Bonchev–Trinajstić information content (AvgIpc) is 3.02. The fourth-order valence-corrected chi connectivity index (χ4v) is 4.63. The van der Waals surface area contributed by atoms with Gasteiger partial charge in [-0.3, -0.25) is 4.79 Å². The Balaban J connectivity index is 1.52. The Morgan fingerprint density at radius 2 is 1.86 bits per heavy atom. The first kappa shape index (κ1) is 14.3. The second-order valence-electron chi connectivity index (χ2n) is 7.42. The molecular weight excluding hydrogens is 272 g/mol. The third kappa shape index (κ3) is 2.56. The summed E-state index contributed by atoms with van der Waals surface area (Å²) in [6, 6.07) is 6.39. The molecule has 0 saturated carbocycles. The zero-order chi connectivity index (χ0) is 15.0. The number of nitrogens with zero attached hydrogens (tertiary/aromatic N) is 1. The number of aryl methyl sites for hydroxylation is 2. The standard InChI is InChI=1S/C19H26N2O/c22-18(17-6-5-15-3-1-4-16(15)13-17)21-12-2-7-19(14-21)8-10-20-11-9-19/h5-6,13,20H,1-4,7-12,14H2. The van der Waals surface area contributed by atoms with E-state index >= 15 is 0 Å². The lowest BCUT2D eigenvalue weighted by Crippen LogP contribution is -2.50. The summed E-state index contributed by atoms with van der Waals surface area (Å²) in [6.07, 6.45) is 8.48. The number of hydrogen-bond acceptors (Lipinski definition) is 2. The molecule has 4 rings (SSSR count). The Bertz CT molecular complexity index is 569. The molecule has 1 spiro atoms. The highest BCUT2D eigenvalue weighted by Gasteiger charge is 2.38. The quantitative estimate of drug-likeness (QED) is 0.864. The number of fused-ring (bicyclic) bond motifs is 1. The third-order valence-electron chi connectivity index (χ3n) is 5.96. The van der Waals surface area contributed by atoms with Gasteiger partial charge in [-0.05, 0) is 86.7 Å². The Morgan fingerprint density at radius 3 is 2.73 bits per heavy atom. The van der Waals surface area contributed by atoms with Gasteiger partial charge < -0.3 is 10.2 Å². The average molecular weight is 298 g/mol. The number of rotatable bonds is 1. The van der Waals surface area contributed by atoms with Crippen LogP contribution in [-0.4, -0.2) is 37.0 Å². The Labute approximate surface area is 133 Å². The van der Waals surface area contributed by atoms with Crippen molar-refractivity contribution in [2.24, 2.45) is 5.41 Å². The molecule has 118 valence electrons. The molecule has 2 aliphatic heterocycles. The van der Waals surface area contributed by atoms with Gasteiger partial charge in [-0.1, -0.05) is 6.07 Å². The summed E-state index contributed by atoms with van der Waals surface area (Å²) in [7, 11) is 0. The van der Waals surface area contributed by atoms with Gasteiger partial charge in [0, 0.05) is 18.7 Å². The van der Waals surface area contributed by atoms with Crippen LogP contribution in [0, 0.1) is 5.41 Å². The summed E-state index contributed by atoms with van der Waals surface area (Å²) in [5, 5.41) is 3.46. The molecular formula is C19H26N2O. The van der Waals surface area contributed by atoms with Crippen molar-refractivity contribution in [1.82, 2.24) is 10.2 Å². The zero-order valence-corrected chi connectivity index (χ0v) is 13.4. The molecule has 1 amide bonds. The number of hydrogen-bond donors (Lipinski definition) is 1. The number of amides is 1. The Morgan fingerprint density at radius 1 is 1.05 bits per heavy atom. The van der Waals surface area contributed by atoms with Crippen LogP contribution in [0.25, 0.3) is 0 Å². The maximum absolute atomic E-state index is 12.9. The van der Waals surface area contributed by atoms with E-state index in [1.807, 2.05) is 0 Å². The first-order valence-corrected chi connectivity index (χ1v) is 8.88. The zero-order valence-electron chi connectivity index (χ0n) is 13.4. The van der Waals surface area contributed by atoms with Crippen LogP contribution in [0.1, 0.15) is 53.6 Å². The second kappa shape index (κ2) is 5.69. The summed E-state index contributed by atoms with van der Waals surface area (Å²) < 4.78 is 0. The van der Waals surface area contributed by atoms with E-state index in [2.05, 4.69) is 28.4 Å². The van der Waals surface area contributed by atoms with Crippen LogP contribution in [0.5, 0.6) is 0 Å². The maximum atomic E-state index is 12.9. The molecule has 3 nitrogen and oxygen atoms in total. The minimum atomic E-state index is 0.257. The molecule has 3 aliphatic rings. The van der Waals surface area contributed by atoms with Gasteiger partial charge in [0.15, 0.2) is 0 Å². The minimum Gasteiger partial charge on any atom is -0.338 e. The van der Waals surface area contributed by atoms with Gasteiger partial charge in [0.1, 0.15) is 0 Å². The molecule has 2 heterocycles. The van der Waals surface area contributed by atoms with Gasteiger partial charge in [-0.25, -0.2) is 0 Å². The summed E-state index contributed by atoms with van der Waals surface area (Å²) in [6.45, 7) is 4.12. The van der Waals surface area contributed by atoms with E-state index in [0.717, 1.165) is 44.6 Å². The van der Waals surface area contributed by atoms with Gasteiger partial charge in [0.25, 0.3) is 5.91 Å². The second-order valence-corrected chi connectivity index (χ2v) is 7.42. The van der Waals surface area contributed by atoms with Crippen molar-refractivity contribution in [1.29, 1.82) is 0 Å². The van der Waals surface area contributed by atoms with Crippen molar-refractivity contribution in [2.45, 2.75) is 44.9 Å². The van der Waals surface area contributed by atoms with E-state index in [1.165, 1.54) is 43.2 Å². The van der Waals surface area contributed by atoms with Crippen molar-refractivity contribution in [3.63, 3.8) is 0 Å². The van der Waals surface area contributed by atoms with E-state index in [1.54, 1.807) is 0 Å². The van der Waals surface area contributed by atoms with Crippen LogP contribution >= 0.6 is 0 Å². The van der Waals surface area contributed by atoms with Crippen molar-refractivity contribution in [2.75, 3.05) is 26.2 Å². The predicted molar refractivity (Wildman–Crippen MR) is 88.1 cm³/mol. The topological polar surface area (TPSA) is 32.3 Å². The van der Waals surface area contributed by atoms with E-state index < -0.39 is 0 Å². The van der Waals surface area contributed by atoms with Crippen molar-refractivity contribution in [3.05, 3.63) is 34.9 Å². The van der Waals surface area contributed by atoms with Crippen LogP contribution in [0.15, 0.2) is 18.2 Å². The van der Waals surface area contributed by atoms with Crippen LogP contribution in [0.4, 0.5) is 0 Å². The molecule has 3 heteroatoms. The van der Waals surface area contributed by atoms with Gasteiger partial charge >= 0.3 is 0 Å². The lowest BCUT2D eigenvalue weighted by Gasteiger charge is -2.45. The third-order valence-corrected chi connectivity index (χ3v) is 5.96. The molecule has 1 aromatic rings. The summed E-state index contributed by atoms with van der Waals surface area (Å²) in [4.78, 5) is 15.1. The van der Waals surface area contributed by atoms with Crippen molar-refractivity contribution >= 4 is 5.91 Å². The number of piperidine rings is 2. The van der Waals surface area contributed by atoms with E-state index in [9.17, 15) is 4.79 Å². The smallest absolute Gasteiger partial charge is 0.253 e. The number of nitrogens with one attached hydrogen (secondary N) is 1. The largest absolute Gasteiger partial charge is 0.338 e. The van der Waals surface area contributed by atoms with Crippen LogP contribution in [-0.2, 0) is 12.8 Å². The normalized spacial score (nSPS) is 23.5. The molecule has 1 N–H and O–H groups in total. The number of benzene rings is 1. The Kier molecular flexibility index (Phi) is 3.69. The fraction of sp³-hybridized carbons (Fsp3) is 0.632. The summed E-state index contributed by atoms with van der Waals surface area (Å²) in [5.41, 5.74) is 4.15. The monoisotopic (exact) mass is 298 g/mol. The molecule has 0 aromatic heterocycles. The first-order chi connectivity index (χ1) is 10.8. The Hall–Kier alpha value is -1.35. The molecule has 22 heavy (non-hydrogen) atoms. The highest BCUT2D eigenvalue weighted by Crippen LogP contribution is 2.38. The number of carbonyl (C=O) groups is 1. The lowest BCUT2D eigenvalue weighted by molar-refractivity contribution is 0.0411. The first-order valence-electron chi connectivity index (χ1n) is 8.88. The highest BCUT2D eigenvalue weighted by molar-refractivity contribution is 5.94. The van der Waals surface area contributed by atoms with Crippen LogP contribution in [0.2, 0.25) is 0 Å². The van der Waals surface area contributed by atoms with Gasteiger partial charge in [0.05, 0.1) is 0 Å². The molecule has 0 bridgehead atoms. The number of carbonyl (C=O) groups excluding carboxylic acids is 1. The summed E-state index contributed by atoms with van der Waals surface area (Å²) in [5.74, 6) is 0.257. The van der Waals surface area contributed by atoms with E-state index in [4.69, 9.17) is 0 Å². The molecule has 0 unspecified atom stereocenters. The van der Waals surface area contributed by atoms with Crippen LogP contribution in [0.3, 0.4) is 0 Å². The summed E-state index contributed by atoms with van der Waals surface area (Å²) >= 11 is 0. The maximum Gasteiger partial charge on any atom is 0.253 e.